The number of hydrogen-bond donors (Lipinski definition) is 3. The Kier molecular flexibility index (Phi) is 5.94. The van der Waals surface area contributed by atoms with Crippen LogP contribution < -0.4 is 10.6 Å². The summed E-state index contributed by atoms with van der Waals surface area (Å²) in [5.74, 6) is 0.0325. The molecular weight excluding hydrogens is 384 g/mol. The van der Waals surface area contributed by atoms with Crippen LogP contribution in [0.25, 0.3) is 10.9 Å². The van der Waals surface area contributed by atoms with Crippen molar-refractivity contribution in [2.45, 2.75) is 24.8 Å². The van der Waals surface area contributed by atoms with E-state index in [0.29, 0.717) is 25.9 Å². The van der Waals surface area contributed by atoms with Gasteiger partial charge in [0.25, 0.3) is 5.69 Å². The van der Waals surface area contributed by atoms with Crippen LogP contribution in [0, 0.1) is 10.1 Å². The van der Waals surface area contributed by atoms with Crippen molar-refractivity contribution < 1.29 is 14.5 Å². The normalized spacial score (nSPS) is 18.4. The number of para-hydroxylation sites is 2. The Hall–Kier alpha value is -3.39. The Labute approximate surface area is 173 Å². The van der Waals surface area contributed by atoms with Crippen LogP contribution in [0.4, 0.5) is 10.5 Å². The highest BCUT2D eigenvalue weighted by Gasteiger charge is 2.30. The van der Waals surface area contributed by atoms with Gasteiger partial charge < -0.3 is 20.4 Å². The highest BCUT2D eigenvalue weighted by molar-refractivity contribution is 5.83. The van der Waals surface area contributed by atoms with E-state index < -0.39 is 6.09 Å². The highest BCUT2D eigenvalue weighted by atomic mass is 16.6. The van der Waals surface area contributed by atoms with E-state index >= 15 is 0 Å². The van der Waals surface area contributed by atoms with Crippen molar-refractivity contribution in [1.29, 1.82) is 0 Å². The van der Waals surface area contributed by atoms with Gasteiger partial charge in [-0.3, -0.25) is 10.1 Å². The van der Waals surface area contributed by atoms with Crippen LogP contribution in [0.1, 0.15) is 23.5 Å². The molecule has 1 amide bonds. The third kappa shape index (κ3) is 4.44. The Bertz CT molecular complexity index is 1050. The van der Waals surface area contributed by atoms with Crippen molar-refractivity contribution in [1.82, 2.24) is 15.6 Å². The van der Waals surface area contributed by atoms with Gasteiger partial charge in [0, 0.05) is 53.8 Å². The summed E-state index contributed by atoms with van der Waals surface area (Å²) < 4.78 is 5.34. The molecule has 0 aliphatic carbocycles. The minimum absolute atomic E-state index is 0.0193. The lowest BCUT2D eigenvalue weighted by molar-refractivity contribution is -0.385. The van der Waals surface area contributed by atoms with Crippen molar-refractivity contribution in [2.24, 2.45) is 0 Å². The number of carbonyl (C=O) groups is 1. The van der Waals surface area contributed by atoms with E-state index in [1.807, 2.05) is 30.5 Å². The van der Waals surface area contributed by atoms with Gasteiger partial charge in [-0.25, -0.2) is 4.79 Å². The number of rotatable bonds is 7. The number of fused-ring (bicyclic) bond motifs is 1. The standard InChI is InChI=1S/C22H24N4O4/c27-22(23-10-9-15-12-25-20-7-3-1-5-18(15)20)30-14-17-11-16(13-24-17)19-6-2-4-8-21(19)26(28)29/h1-8,12,16-17,24-25H,9-11,13-14H2,(H,23,27). The zero-order valence-corrected chi connectivity index (χ0v) is 16.5. The number of carbonyl (C=O) groups excluding carboxylic acids is 1. The zero-order valence-electron chi connectivity index (χ0n) is 16.5. The van der Waals surface area contributed by atoms with Gasteiger partial charge in [-0.15, -0.1) is 0 Å². The van der Waals surface area contributed by atoms with Crippen LogP contribution in [0.3, 0.4) is 0 Å². The molecule has 0 bridgehead atoms. The van der Waals surface area contributed by atoms with Crippen LogP contribution in [0.15, 0.2) is 54.7 Å². The van der Waals surface area contributed by atoms with Crippen molar-refractivity contribution in [3.05, 3.63) is 76.0 Å². The van der Waals surface area contributed by atoms with Crippen LogP contribution >= 0.6 is 0 Å². The molecule has 8 nitrogen and oxygen atoms in total. The second-order valence-corrected chi connectivity index (χ2v) is 7.49. The summed E-state index contributed by atoms with van der Waals surface area (Å²) in [6.45, 7) is 1.34. The Morgan fingerprint density at radius 3 is 2.87 bits per heavy atom. The number of ether oxygens (including phenoxy) is 1. The third-order valence-corrected chi connectivity index (χ3v) is 5.55. The molecule has 1 saturated heterocycles. The summed E-state index contributed by atoms with van der Waals surface area (Å²) in [7, 11) is 0. The number of amides is 1. The van der Waals surface area contributed by atoms with Gasteiger partial charge in [-0.1, -0.05) is 36.4 Å². The van der Waals surface area contributed by atoms with Crippen LogP contribution in [0.2, 0.25) is 0 Å². The van der Waals surface area contributed by atoms with Gasteiger partial charge >= 0.3 is 6.09 Å². The zero-order chi connectivity index (χ0) is 20.9. The Balaban J connectivity index is 1.22. The first kappa shape index (κ1) is 19.9. The molecule has 3 aromatic rings. The molecular formula is C22H24N4O4. The van der Waals surface area contributed by atoms with Crippen LogP contribution in [-0.2, 0) is 11.2 Å². The number of aromatic nitrogens is 1. The predicted molar refractivity (Wildman–Crippen MR) is 114 cm³/mol. The molecule has 4 rings (SSSR count). The minimum atomic E-state index is -0.453. The van der Waals surface area contributed by atoms with Crippen LogP contribution in [0.5, 0.6) is 0 Å². The summed E-state index contributed by atoms with van der Waals surface area (Å²) in [5, 5.41) is 18.5. The van der Waals surface area contributed by atoms with E-state index in [4.69, 9.17) is 4.74 Å². The Morgan fingerprint density at radius 2 is 2.00 bits per heavy atom. The van der Waals surface area contributed by atoms with Crippen LogP contribution in [-0.4, -0.2) is 41.7 Å². The molecule has 8 heteroatoms. The third-order valence-electron chi connectivity index (χ3n) is 5.55. The van der Waals surface area contributed by atoms with E-state index in [9.17, 15) is 14.9 Å². The van der Waals surface area contributed by atoms with Gasteiger partial charge in [0.15, 0.2) is 0 Å². The summed E-state index contributed by atoms with van der Waals surface area (Å²) in [4.78, 5) is 26.1. The van der Waals surface area contributed by atoms with Gasteiger partial charge in [0.05, 0.1) is 4.92 Å². The predicted octanol–water partition coefficient (Wildman–Crippen LogP) is 3.49. The first-order valence-corrected chi connectivity index (χ1v) is 10.0. The molecule has 1 aliphatic heterocycles. The number of nitro benzene ring substituents is 1. The molecule has 2 heterocycles. The maximum Gasteiger partial charge on any atom is 0.407 e. The van der Waals surface area contributed by atoms with Gasteiger partial charge in [-0.2, -0.15) is 0 Å². The maximum absolute atomic E-state index is 12.0. The molecule has 0 radical (unpaired) electrons. The molecule has 30 heavy (non-hydrogen) atoms. The smallest absolute Gasteiger partial charge is 0.407 e. The van der Waals surface area contributed by atoms with Crippen molar-refractivity contribution in [3.8, 4) is 0 Å². The molecule has 1 fully saturated rings. The highest BCUT2D eigenvalue weighted by Crippen LogP contribution is 2.32. The minimum Gasteiger partial charge on any atom is -0.448 e. The average molecular weight is 408 g/mol. The molecule has 0 spiro atoms. The maximum atomic E-state index is 12.0. The number of alkyl carbamates (subject to hydrolysis) is 1. The lowest BCUT2D eigenvalue weighted by Crippen LogP contribution is -2.33. The summed E-state index contributed by atoms with van der Waals surface area (Å²) >= 11 is 0. The lowest BCUT2D eigenvalue weighted by Gasteiger charge is -2.12. The van der Waals surface area contributed by atoms with Crippen molar-refractivity contribution >= 4 is 22.7 Å². The summed E-state index contributed by atoms with van der Waals surface area (Å²) in [5.41, 5.74) is 3.09. The number of hydrogen-bond acceptors (Lipinski definition) is 5. The molecule has 156 valence electrons. The molecule has 0 saturated carbocycles. The second-order valence-electron chi connectivity index (χ2n) is 7.49. The molecule has 2 aromatic carbocycles. The van der Waals surface area contributed by atoms with Crippen molar-refractivity contribution in [2.75, 3.05) is 19.7 Å². The molecule has 1 aromatic heterocycles. The van der Waals surface area contributed by atoms with E-state index in [0.717, 1.165) is 22.0 Å². The Morgan fingerprint density at radius 1 is 1.20 bits per heavy atom. The monoisotopic (exact) mass is 408 g/mol. The fourth-order valence-electron chi connectivity index (χ4n) is 4.05. The molecule has 2 atom stereocenters. The first-order chi connectivity index (χ1) is 14.6. The largest absolute Gasteiger partial charge is 0.448 e. The first-order valence-electron chi connectivity index (χ1n) is 10.0. The number of H-pyrrole nitrogens is 1. The number of nitro groups is 1. The quantitative estimate of drug-likeness (QED) is 0.410. The molecule has 3 N–H and O–H groups in total. The van der Waals surface area contributed by atoms with E-state index in [-0.39, 0.29) is 29.2 Å². The fraction of sp³-hybridized carbons (Fsp3) is 0.318. The average Bonchev–Trinajstić information content (AvgIpc) is 3.40. The van der Waals surface area contributed by atoms with Gasteiger partial charge in [0.2, 0.25) is 0 Å². The summed E-state index contributed by atoms with van der Waals surface area (Å²) in [6.07, 6.45) is 2.91. The number of aromatic amines is 1. The number of nitrogens with zero attached hydrogens (tertiary/aromatic N) is 1. The number of nitrogens with one attached hydrogen (secondary N) is 3. The van der Waals surface area contributed by atoms with Gasteiger partial charge in [-0.05, 0) is 24.5 Å². The summed E-state index contributed by atoms with van der Waals surface area (Å²) in [6, 6.07) is 14.8. The van der Waals surface area contributed by atoms with Gasteiger partial charge in [0.1, 0.15) is 6.61 Å². The topological polar surface area (TPSA) is 109 Å². The molecule has 1 aliphatic rings. The lowest BCUT2D eigenvalue weighted by atomic mass is 9.95. The molecule has 2 unspecified atom stereocenters. The van der Waals surface area contributed by atoms with E-state index in [1.54, 1.807) is 12.1 Å². The second kappa shape index (κ2) is 8.96. The number of benzene rings is 2. The SMILES string of the molecule is O=C(NCCc1c[nH]c2ccccc12)OCC1CC(c2ccccc2[N+](=O)[O-])CN1. The van der Waals surface area contributed by atoms with E-state index in [1.165, 1.54) is 6.07 Å². The fourth-order valence-corrected chi connectivity index (χ4v) is 4.05. The van der Waals surface area contributed by atoms with E-state index in [2.05, 4.69) is 21.7 Å². The van der Waals surface area contributed by atoms with Crippen molar-refractivity contribution in [3.63, 3.8) is 0 Å².